The van der Waals surface area contributed by atoms with Crippen LogP contribution in [0.1, 0.15) is 23.5 Å². The lowest BCUT2D eigenvalue weighted by Crippen LogP contribution is -2.30. The maximum Gasteiger partial charge on any atom is 0.174 e. The second-order valence-corrected chi connectivity index (χ2v) is 7.36. The molecule has 0 bridgehead atoms. The lowest BCUT2D eigenvalue weighted by Gasteiger charge is -2.29. The summed E-state index contributed by atoms with van der Waals surface area (Å²) in [6.45, 7) is 0. The van der Waals surface area contributed by atoms with Crippen molar-refractivity contribution >= 4 is 23.0 Å². The van der Waals surface area contributed by atoms with Crippen LogP contribution in [0.3, 0.4) is 0 Å². The van der Waals surface area contributed by atoms with E-state index in [4.69, 9.17) is 12.2 Å². The van der Waals surface area contributed by atoms with Crippen LogP contribution in [0.4, 0.5) is 5.69 Å². The van der Waals surface area contributed by atoms with Gasteiger partial charge in [-0.1, -0.05) is 42.5 Å². The summed E-state index contributed by atoms with van der Waals surface area (Å²) in [5.41, 5.74) is 4.31. The van der Waals surface area contributed by atoms with Crippen molar-refractivity contribution in [3.8, 4) is 5.69 Å². The molecule has 142 valence electrons. The first kappa shape index (κ1) is 17.6. The average Bonchev–Trinajstić information content (AvgIpc) is 3.40. The largest absolute Gasteiger partial charge is 0.351 e. The minimum atomic E-state index is -0.0544. The fourth-order valence-electron chi connectivity index (χ4n) is 3.98. The van der Waals surface area contributed by atoms with Crippen LogP contribution >= 0.6 is 12.2 Å². The van der Waals surface area contributed by atoms with Gasteiger partial charge in [-0.2, -0.15) is 0 Å². The molecule has 5 heteroatoms. The highest BCUT2D eigenvalue weighted by Gasteiger charge is 2.42. The van der Waals surface area contributed by atoms with E-state index in [1.165, 1.54) is 0 Å². The van der Waals surface area contributed by atoms with Crippen molar-refractivity contribution in [2.45, 2.75) is 12.1 Å². The van der Waals surface area contributed by atoms with Gasteiger partial charge in [-0.25, -0.2) is 0 Å². The van der Waals surface area contributed by atoms with Crippen molar-refractivity contribution in [2.75, 3.05) is 4.90 Å². The van der Waals surface area contributed by atoms with Crippen LogP contribution < -0.4 is 10.2 Å². The molecule has 0 saturated carbocycles. The second-order valence-electron chi connectivity index (χ2n) is 6.97. The van der Waals surface area contributed by atoms with Crippen molar-refractivity contribution in [1.82, 2.24) is 14.9 Å². The van der Waals surface area contributed by atoms with Crippen molar-refractivity contribution in [1.29, 1.82) is 0 Å². The third-order valence-corrected chi connectivity index (χ3v) is 5.56. The molecule has 4 nitrogen and oxygen atoms in total. The van der Waals surface area contributed by atoms with Gasteiger partial charge in [0.25, 0.3) is 0 Å². The van der Waals surface area contributed by atoms with Gasteiger partial charge < -0.3 is 14.8 Å². The standard InChI is InChI=1S/C24H20N4S/c29-24-26-22(20-14-7-8-16-25-20)23(28(24)19-12-5-2-6-13-19)21-15-9-17-27(21)18-10-3-1-4-11-18/h1-17,22-23H,(H,26,29). The highest BCUT2D eigenvalue weighted by atomic mass is 32.1. The molecule has 1 fully saturated rings. The van der Waals surface area contributed by atoms with Crippen LogP contribution in [0.2, 0.25) is 0 Å². The van der Waals surface area contributed by atoms with E-state index in [0.29, 0.717) is 5.11 Å². The summed E-state index contributed by atoms with van der Waals surface area (Å²) in [7, 11) is 0. The Balaban J connectivity index is 1.67. The predicted octanol–water partition coefficient (Wildman–Crippen LogP) is 5.05. The summed E-state index contributed by atoms with van der Waals surface area (Å²) >= 11 is 5.79. The zero-order chi connectivity index (χ0) is 19.6. The molecule has 1 N–H and O–H groups in total. The highest BCUT2D eigenvalue weighted by Crippen LogP contribution is 2.42. The number of anilines is 1. The topological polar surface area (TPSA) is 33.1 Å². The van der Waals surface area contributed by atoms with Gasteiger partial charge >= 0.3 is 0 Å². The average molecular weight is 397 g/mol. The van der Waals surface area contributed by atoms with E-state index >= 15 is 0 Å². The number of pyridine rings is 1. The van der Waals surface area contributed by atoms with Crippen LogP contribution in [0.5, 0.6) is 0 Å². The van der Waals surface area contributed by atoms with E-state index in [1.807, 2.05) is 42.6 Å². The number of rotatable bonds is 4. The summed E-state index contributed by atoms with van der Waals surface area (Å²) in [6, 6.07) is 30.9. The summed E-state index contributed by atoms with van der Waals surface area (Å²) < 4.78 is 2.23. The van der Waals surface area contributed by atoms with Crippen LogP contribution in [0, 0.1) is 0 Å². The van der Waals surface area contributed by atoms with E-state index in [2.05, 4.69) is 80.6 Å². The minimum Gasteiger partial charge on any atom is -0.351 e. The van der Waals surface area contributed by atoms with Gasteiger partial charge in [0.2, 0.25) is 0 Å². The molecule has 1 saturated heterocycles. The molecule has 2 atom stereocenters. The molecule has 29 heavy (non-hydrogen) atoms. The first-order chi connectivity index (χ1) is 14.3. The predicted molar refractivity (Wildman–Crippen MR) is 120 cm³/mol. The van der Waals surface area contributed by atoms with E-state index in [0.717, 1.165) is 22.8 Å². The first-order valence-corrected chi connectivity index (χ1v) is 10.0. The molecule has 0 amide bonds. The van der Waals surface area contributed by atoms with Gasteiger partial charge in [0, 0.05) is 29.5 Å². The first-order valence-electron chi connectivity index (χ1n) is 9.61. The number of para-hydroxylation sites is 2. The third kappa shape index (κ3) is 3.19. The maximum absolute atomic E-state index is 5.79. The Morgan fingerprint density at radius 1 is 0.759 bits per heavy atom. The molecular weight excluding hydrogens is 376 g/mol. The normalized spacial score (nSPS) is 18.6. The second kappa shape index (κ2) is 7.53. The van der Waals surface area contributed by atoms with Gasteiger partial charge in [0.05, 0.1) is 11.7 Å². The van der Waals surface area contributed by atoms with Crippen LogP contribution in [-0.2, 0) is 0 Å². The zero-order valence-corrected chi connectivity index (χ0v) is 16.5. The fraction of sp³-hybridized carbons (Fsp3) is 0.0833. The lowest BCUT2D eigenvalue weighted by molar-refractivity contribution is 0.549. The molecule has 3 heterocycles. The smallest absolute Gasteiger partial charge is 0.174 e. The van der Waals surface area contributed by atoms with E-state index in [1.54, 1.807) is 0 Å². The number of thiocarbonyl (C=S) groups is 1. The Hall–Kier alpha value is -3.44. The maximum atomic E-state index is 5.79. The molecule has 2 aromatic carbocycles. The lowest BCUT2D eigenvalue weighted by atomic mass is 10.0. The summed E-state index contributed by atoms with van der Waals surface area (Å²) in [4.78, 5) is 6.83. The van der Waals surface area contributed by atoms with Gasteiger partial charge in [-0.15, -0.1) is 0 Å². The Morgan fingerprint density at radius 3 is 2.14 bits per heavy atom. The van der Waals surface area contributed by atoms with Crippen molar-refractivity contribution in [2.24, 2.45) is 0 Å². The summed E-state index contributed by atoms with van der Waals surface area (Å²) in [5.74, 6) is 0. The van der Waals surface area contributed by atoms with Crippen LogP contribution in [0.15, 0.2) is 103 Å². The number of nitrogens with one attached hydrogen (secondary N) is 1. The van der Waals surface area contributed by atoms with E-state index in [9.17, 15) is 0 Å². The number of benzene rings is 2. The number of nitrogens with zero attached hydrogens (tertiary/aromatic N) is 3. The SMILES string of the molecule is S=C1NC(c2ccccn2)C(c2cccn2-c2ccccc2)N1c1ccccc1. The molecule has 1 aliphatic heterocycles. The highest BCUT2D eigenvalue weighted by molar-refractivity contribution is 7.80. The fourth-order valence-corrected chi connectivity index (χ4v) is 4.33. The quantitative estimate of drug-likeness (QED) is 0.490. The Labute approximate surface area is 175 Å². The Kier molecular flexibility index (Phi) is 4.58. The monoisotopic (exact) mass is 396 g/mol. The Bertz CT molecular complexity index is 1110. The third-order valence-electron chi connectivity index (χ3n) is 5.25. The molecular formula is C24H20N4S. The molecule has 2 unspecified atom stereocenters. The Morgan fingerprint density at radius 2 is 1.45 bits per heavy atom. The number of aromatic nitrogens is 2. The van der Waals surface area contributed by atoms with Crippen molar-refractivity contribution in [3.63, 3.8) is 0 Å². The van der Waals surface area contributed by atoms with Gasteiger partial charge in [0.1, 0.15) is 6.04 Å². The molecule has 4 aromatic rings. The van der Waals surface area contributed by atoms with Gasteiger partial charge in [0.15, 0.2) is 5.11 Å². The number of hydrogen-bond acceptors (Lipinski definition) is 2. The van der Waals surface area contributed by atoms with E-state index < -0.39 is 0 Å². The molecule has 2 aromatic heterocycles. The van der Waals surface area contributed by atoms with Crippen LogP contribution in [-0.4, -0.2) is 14.7 Å². The molecule has 0 spiro atoms. The zero-order valence-electron chi connectivity index (χ0n) is 15.7. The molecule has 0 aliphatic carbocycles. The summed E-state index contributed by atoms with van der Waals surface area (Å²) in [6.07, 6.45) is 3.93. The van der Waals surface area contributed by atoms with Crippen LogP contribution in [0.25, 0.3) is 5.69 Å². The molecule has 1 aliphatic rings. The van der Waals surface area contributed by atoms with Crippen molar-refractivity contribution < 1.29 is 0 Å². The number of hydrogen-bond donors (Lipinski definition) is 1. The summed E-state index contributed by atoms with van der Waals surface area (Å²) in [5, 5.41) is 4.22. The van der Waals surface area contributed by atoms with Gasteiger partial charge in [-0.3, -0.25) is 4.98 Å². The minimum absolute atomic E-state index is 0.0324. The van der Waals surface area contributed by atoms with Gasteiger partial charge in [-0.05, 0) is 60.7 Å². The molecule has 5 rings (SSSR count). The van der Waals surface area contributed by atoms with Crippen molar-refractivity contribution in [3.05, 3.63) is 115 Å². The van der Waals surface area contributed by atoms with E-state index in [-0.39, 0.29) is 12.1 Å². The molecule has 0 radical (unpaired) electrons.